The SMILES string of the molecule is CC(C)(C)OC(=O)N1[C@H]2CC[C@H]1CN(c1nc(Cl)nc3c(F)c(Br)c(F)cc13)C2. The van der Waals surface area contributed by atoms with E-state index < -0.39 is 17.2 Å². The van der Waals surface area contributed by atoms with Crippen molar-refractivity contribution in [1.29, 1.82) is 0 Å². The molecule has 0 radical (unpaired) electrons. The summed E-state index contributed by atoms with van der Waals surface area (Å²) in [5.41, 5.74) is -0.623. The van der Waals surface area contributed by atoms with Crippen LogP contribution in [0.5, 0.6) is 0 Å². The van der Waals surface area contributed by atoms with Crippen LogP contribution in [0, 0.1) is 11.6 Å². The summed E-state index contributed by atoms with van der Waals surface area (Å²) in [5.74, 6) is -1.19. The maximum Gasteiger partial charge on any atom is 0.410 e. The van der Waals surface area contributed by atoms with Gasteiger partial charge in [0.05, 0.1) is 16.6 Å². The van der Waals surface area contributed by atoms with Gasteiger partial charge in [-0.05, 0) is 67.2 Å². The molecule has 2 aliphatic heterocycles. The second kappa shape index (κ2) is 7.19. The van der Waals surface area contributed by atoms with Crippen LogP contribution < -0.4 is 4.90 Å². The molecule has 1 amide bonds. The fourth-order valence-corrected chi connectivity index (χ4v) is 4.53. The van der Waals surface area contributed by atoms with Crippen LogP contribution in [0.3, 0.4) is 0 Å². The van der Waals surface area contributed by atoms with E-state index in [1.165, 1.54) is 6.07 Å². The molecule has 2 aromatic rings. The number of amides is 1. The molecule has 3 heterocycles. The van der Waals surface area contributed by atoms with Crippen molar-refractivity contribution in [3.05, 3.63) is 27.5 Å². The third-order valence-electron chi connectivity index (χ3n) is 5.17. The zero-order valence-corrected chi connectivity index (χ0v) is 18.5. The van der Waals surface area contributed by atoms with Gasteiger partial charge in [-0.1, -0.05) is 0 Å². The van der Waals surface area contributed by atoms with Gasteiger partial charge in [-0.3, -0.25) is 4.90 Å². The number of nitrogens with zero attached hydrogens (tertiary/aromatic N) is 4. The molecular weight excluding hydrogens is 470 g/mol. The smallest absolute Gasteiger partial charge is 0.410 e. The Morgan fingerprint density at radius 2 is 1.86 bits per heavy atom. The van der Waals surface area contributed by atoms with Gasteiger partial charge in [0.25, 0.3) is 0 Å². The van der Waals surface area contributed by atoms with Gasteiger partial charge in [-0.25, -0.2) is 18.6 Å². The number of benzene rings is 1. The Labute approximate surface area is 180 Å². The molecule has 2 atom stereocenters. The molecule has 2 bridgehead atoms. The second-order valence-corrected chi connectivity index (χ2v) is 9.51. The first-order chi connectivity index (χ1) is 13.5. The molecule has 1 aromatic heterocycles. The number of ether oxygens (including phenoxy) is 1. The first-order valence-electron chi connectivity index (χ1n) is 9.32. The van der Waals surface area contributed by atoms with Gasteiger partial charge < -0.3 is 9.64 Å². The standard InChI is InChI=1S/C19H20BrClF2N4O2/c1-19(2,3)29-18(28)27-9-4-5-10(27)8-26(7-9)16-11-6-12(22)13(20)14(23)15(11)24-17(21)25-16/h6,9-10H,4-5,7-8H2,1-3H3/t9-,10-/m0/s1. The Balaban J connectivity index is 1.68. The zero-order chi connectivity index (χ0) is 21.1. The number of halogens is 4. The van der Waals surface area contributed by atoms with E-state index in [0.717, 1.165) is 12.8 Å². The largest absolute Gasteiger partial charge is 0.444 e. The predicted molar refractivity (Wildman–Crippen MR) is 109 cm³/mol. The quantitative estimate of drug-likeness (QED) is 0.421. The molecule has 0 spiro atoms. The van der Waals surface area contributed by atoms with Crippen molar-refractivity contribution in [3.63, 3.8) is 0 Å². The molecular formula is C19H20BrClF2N4O2. The van der Waals surface area contributed by atoms with E-state index >= 15 is 0 Å². The van der Waals surface area contributed by atoms with Gasteiger partial charge in [-0.15, -0.1) is 0 Å². The number of rotatable bonds is 1. The molecule has 29 heavy (non-hydrogen) atoms. The van der Waals surface area contributed by atoms with E-state index in [2.05, 4.69) is 25.9 Å². The van der Waals surface area contributed by atoms with Crippen molar-refractivity contribution < 1.29 is 18.3 Å². The molecule has 6 nitrogen and oxygen atoms in total. The summed E-state index contributed by atoms with van der Waals surface area (Å²) < 4.78 is 34.0. The van der Waals surface area contributed by atoms with Gasteiger partial charge in [-0.2, -0.15) is 4.98 Å². The minimum absolute atomic E-state index is 0.0461. The molecule has 10 heteroatoms. The van der Waals surface area contributed by atoms with Crippen molar-refractivity contribution in [2.45, 2.75) is 51.3 Å². The van der Waals surface area contributed by atoms with Crippen LogP contribution in [0.15, 0.2) is 10.5 Å². The van der Waals surface area contributed by atoms with Crippen molar-refractivity contribution in [2.24, 2.45) is 0 Å². The Bertz CT molecular complexity index is 987. The van der Waals surface area contributed by atoms with E-state index in [9.17, 15) is 13.6 Å². The maximum atomic E-state index is 14.6. The number of carbonyl (C=O) groups excluding carboxylic acids is 1. The number of hydrogen-bond donors (Lipinski definition) is 0. The summed E-state index contributed by atoms with van der Waals surface area (Å²) in [6.45, 7) is 6.44. The van der Waals surface area contributed by atoms with Gasteiger partial charge >= 0.3 is 6.09 Å². The molecule has 0 unspecified atom stereocenters. The highest BCUT2D eigenvalue weighted by Gasteiger charge is 2.45. The summed E-state index contributed by atoms with van der Waals surface area (Å²) in [4.78, 5) is 24.6. The zero-order valence-electron chi connectivity index (χ0n) is 16.2. The summed E-state index contributed by atoms with van der Waals surface area (Å²) in [7, 11) is 0. The molecule has 0 aliphatic carbocycles. The van der Waals surface area contributed by atoms with Gasteiger partial charge in [0.1, 0.15) is 22.8 Å². The Kier molecular flexibility index (Phi) is 5.09. The van der Waals surface area contributed by atoms with Crippen LogP contribution in [-0.4, -0.2) is 51.7 Å². The summed E-state index contributed by atoms with van der Waals surface area (Å²) in [6, 6.07) is 1.06. The van der Waals surface area contributed by atoms with Crippen LogP contribution in [-0.2, 0) is 4.74 Å². The minimum Gasteiger partial charge on any atom is -0.444 e. The fourth-order valence-electron chi connectivity index (χ4n) is 4.06. The number of hydrogen-bond acceptors (Lipinski definition) is 5. The summed E-state index contributed by atoms with van der Waals surface area (Å²) in [5, 5.41) is 0.129. The van der Waals surface area contributed by atoms with Crippen LogP contribution in [0.4, 0.5) is 19.4 Å². The number of aromatic nitrogens is 2. The first-order valence-corrected chi connectivity index (χ1v) is 10.5. The van der Waals surface area contributed by atoms with E-state index in [1.54, 1.807) is 4.90 Å². The third kappa shape index (κ3) is 3.74. The lowest BCUT2D eigenvalue weighted by Gasteiger charge is -2.42. The number of fused-ring (bicyclic) bond motifs is 3. The van der Waals surface area contributed by atoms with Gasteiger partial charge in [0.2, 0.25) is 5.28 Å². The topological polar surface area (TPSA) is 58.6 Å². The molecule has 0 N–H and O–H groups in total. The molecule has 4 rings (SSSR count). The predicted octanol–water partition coefficient (Wildman–Crippen LogP) is 4.91. The van der Waals surface area contributed by atoms with Crippen LogP contribution in [0.25, 0.3) is 10.9 Å². The summed E-state index contributed by atoms with van der Waals surface area (Å²) in [6.07, 6.45) is 1.31. The van der Waals surface area contributed by atoms with E-state index in [1.807, 2.05) is 25.7 Å². The average Bonchev–Trinajstić information content (AvgIpc) is 2.89. The number of carbonyl (C=O) groups is 1. The highest BCUT2D eigenvalue weighted by molar-refractivity contribution is 9.10. The van der Waals surface area contributed by atoms with Crippen molar-refractivity contribution in [1.82, 2.24) is 14.9 Å². The lowest BCUT2D eigenvalue weighted by atomic mass is 10.1. The molecule has 2 saturated heterocycles. The monoisotopic (exact) mass is 488 g/mol. The molecule has 1 aromatic carbocycles. The molecule has 156 valence electrons. The van der Waals surface area contributed by atoms with Crippen LogP contribution in [0.2, 0.25) is 5.28 Å². The number of piperazine rings is 1. The lowest BCUT2D eigenvalue weighted by molar-refractivity contribution is 0.0123. The van der Waals surface area contributed by atoms with E-state index in [-0.39, 0.29) is 38.8 Å². The Morgan fingerprint density at radius 3 is 2.45 bits per heavy atom. The normalized spacial score (nSPS) is 21.8. The van der Waals surface area contributed by atoms with Crippen molar-refractivity contribution >= 4 is 50.3 Å². The van der Waals surface area contributed by atoms with E-state index in [0.29, 0.717) is 18.9 Å². The van der Waals surface area contributed by atoms with Gasteiger partial charge in [0.15, 0.2) is 5.82 Å². The van der Waals surface area contributed by atoms with Crippen molar-refractivity contribution in [3.8, 4) is 0 Å². The number of anilines is 1. The first kappa shape index (κ1) is 20.5. The highest BCUT2D eigenvalue weighted by atomic mass is 79.9. The molecule has 2 aliphatic rings. The fraction of sp³-hybridized carbons (Fsp3) is 0.526. The highest BCUT2D eigenvalue weighted by Crippen LogP contribution is 2.37. The second-order valence-electron chi connectivity index (χ2n) is 8.38. The van der Waals surface area contributed by atoms with Gasteiger partial charge in [0, 0.05) is 18.5 Å². The van der Waals surface area contributed by atoms with Crippen molar-refractivity contribution in [2.75, 3.05) is 18.0 Å². The van der Waals surface area contributed by atoms with Crippen LogP contribution >= 0.6 is 27.5 Å². The maximum absolute atomic E-state index is 14.6. The Hall–Kier alpha value is -1.74. The molecule has 0 saturated carbocycles. The molecule has 2 fully saturated rings. The summed E-state index contributed by atoms with van der Waals surface area (Å²) >= 11 is 8.94. The lowest BCUT2D eigenvalue weighted by Crippen LogP contribution is -2.57. The third-order valence-corrected chi connectivity index (χ3v) is 6.06. The average molecular weight is 490 g/mol. The van der Waals surface area contributed by atoms with E-state index in [4.69, 9.17) is 16.3 Å². The van der Waals surface area contributed by atoms with Crippen LogP contribution in [0.1, 0.15) is 33.6 Å². The Morgan fingerprint density at radius 1 is 1.24 bits per heavy atom. The minimum atomic E-state index is -0.819.